The lowest BCUT2D eigenvalue weighted by atomic mass is 10.0. The SMILES string of the molecule is Cc1ccc([N+](=O)[O-])cc1-c1noc(C)c1C(=O)O. The minimum Gasteiger partial charge on any atom is -0.477 e. The van der Waals surface area contributed by atoms with Gasteiger partial charge in [-0.3, -0.25) is 10.1 Å². The summed E-state index contributed by atoms with van der Waals surface area (Å²) in [6.07, 6.45) is 0. The molecule has 0 atom stereocenters. The minimum atomic E-state index is -1.18. The van der Waals surface area contributed by atoms with Crippen LogP contribution >= 0.6 is 0 Å². The van der Waals surface area contributed by atoms with Crippen LogP contribution in [0.4, 0.5) is 5.69 Å². The Bertz CT molecular complexity index is 675. The summed E-state index contributed by atoms with van der Waals surface area (Å²) in [4.78, 5) is 21.4. The summed E-state index contributed by atoms with van der Waals surface area (Å²) in [5.74, 6) is -1.02. The first-order chi connectivity index (χ1) is 8.91. The first-order valence-electron chi connectivity index (χ1n) is 5.36. The first kappa shape index (κ1) is 12.7. The molecule has 0 aliphatic heterocycles. The smallest absolute Gasteiger partial charge is 0.341 e. The molecule has 0 aliphatic carbocycles. The maximum atomic E-state index is 11.2. The van der Waals surface area contributed by atoms with Crippen molar-refractivity contribution in [2.75, 3.05) is 0 Å². The molecule has 0 saturated carbocycles. The van der Waals surface area contributed by atoms with Crippen molar-refractivity contribution in [3.8, 4) is 11.3 Å². The standard InChI is InChI=1S/C12H10N2O5/c1-6-3-4-8(14(17)18)5-9(6)11-10(12(15)16)7(2)19-13-11/h3-5H,1-2H3,(H,15,16). The molecule has 0 fully saturated rings. The van der Waals surface area contributed by atoms with Gasteiger partial charge in [0.1, 0.15) is 17.0 Å². The van der Waals surface area contributed by atoms with Gasteiger partial charge in [-0.15, -0.1) is 0 Å². The summed E-state index contributed by atoms with van der Waals surface area (Å²) in [6.45, 7) is 3.20. The predicted molar refractivity (Wildman–Crippen MR) is 65.0 cm³/mol. The number of carbonyl (C=O) groups is 1. The number of carboxylic acid groups (broad SMARTS) is 1. The van der Waals surface area contributed by atoms with E-state index in [2.05, 4.69) is 5.16 Å². The van der Waals surface area contributed by atoms with Crippen molar-refractivity contribution in [3.05, 3.63) is 45.2 Å². The molecule has 2 aromatic rings. The molecule has 1 N–H and O–H groups in total. The summed E-state index contributed by atoms with van der Waals surface area (Å²) in [5.41, 5.74) is 0.956. The molecular weight excluding hydrogens is 252 g/mol. The van der Waals surface area contributed by atoms with Gasteiger partial charge >= 0.3 is 5.97 Å². The van der Waals surface area contributed by atoms with E-state index in [9.17, 15) is 14.9 Å². The van der Waals surface area contributed by atoms with Gasteiger partial charge in [-0.05, 0) is 19.4 Å². The summed E-state index contributed by atoms with van der Waals surface area (Å²) >= 11 is 0. The van der Waals surface area contributed by atoms with Crippen LogP contribution in [-0.4, -0.2) is 21.2 Å². The van der Waals surface area contributed by atoms with Gasteiger partial charge < -0.3 is 9.63 Å². The Labute approximate surface area is 107 Å². The number of hydrogen-bond donors (Lipinski definition) is 1. The average molecular weight is 262 g/mol. The van der Waals surface area contributed by atoms with E-state index in [1.807, 2.05) is 0 Å². The van der Waals surface area contributed by atoms with Crippen LogP contribution in [-0.2, 0) is 0 Å². The summed E-state index contributed by atoms with van der Waals surface area (Å²) < 4.78 is 4.87. The summed E-state index contributed by atoms with van der Waals surface area (Å²) in [7, 11) is 0. The van der Waals surface area contributed by atoms with Gasteiger partial charge in [0, 0.05) is 17.7 Å². The van der Waals surface area contributed by atoms with Gasteiger partial charge in [0.05, 0.1) is 4.92 Å². The third-order valence-corrected chi connectivity index (χ3v) is 2.76. The topological polar surface area (TPSA) is 106 Å². The number of nitro groups is 1. The fourth-order valence-electron chi connectivity index (χ4n) is 1.79. The lowest BCUT2D eigenvalue weighted by molar-refractivity contribution is -0.384. The van der Waals surface area contributed by atoms with Crippen LogP contribution in [0, 0.1) is 24.0 Å². The van der Waals surface area contributed by atoms with Gasteiger partial charge in [-0.1, -0.05) is 11.2 Å². The molecule has 2 rings (SSSR count). The van der Waals surface area contributed by atoms with Crippen LogP contribution in [0.5, 0.6) is 0 Å². The number of benzene rings is 1. The van der Waals surface area contributed by atoms with E-state index in [4.69, 9.17) is 9.63 Å². The van der Waals surface area contributed by atoms with Crippen molar-refractivity contribution in [1.29, 1.82) is 0 Å². The highest BCUT2D eigenvalue weighted by Gasteiger charge is 2.23. The molecule has 0 saturated heterocycles. The van der Waals surface area contributed by atoms with E-state index in [1.54, 1.807) is 13.0 Å². The maximum Gasteiger partial charge on any atom is 0.341 e. The van der Waals surface area contributed by atoms with E-state index in [-0.39, 0.29) is 22.7 Å². The number of hydrogen-bond acceptors (Lipinski definition) is 5. The zero-order valence-corrected chi connectivity index (χ0v) is 10.2. The zero-order chi connectivity index (χ0) is 14.2. The Morgan fingerprint density at radius 3 is 2.68 bits per heavy atom. The monoisotopic (exact) mass is 262 g/mol. The molecule has 7 nitrogen and oxygen atoms in total. The van der Waals surface area contributed by atoms with E-state index in [0.29, 0.717) is 11.1 Å². The highest BCUT2D eigenvalue weighted by molar-refractivity contribution is 5.96. The fourth-order valence-corrected chi connectivity index (χ4v) is 1.79. The Balaban J connectivity index is 2.68. The molecule has 7 heteroatoms. The van der Waals surface area contributed by atoms with Crippen LogP contribution in [0.1, 0.15) is 21.7 Å². The fraction of sp³-hybridized carbons (Fsp3) is 0.167. The second-order valence-corrected chi connectivity index (χ2v) is 4.02. The number of carboxylic acids is 1. The number of rotatable bonds is 3. The number of aryl methyl sites for hydroxylation is 2. The quantitative estimate of drug-likeness (QED) is 0.672. The minimum absolute atomic E-state index is 0.0800. The largest absolute Gasteiger partial charge is 0.477 e. The molecule has 0 amide bonds. The van der Waals surface area contributed by atoms with Crippen molar-refractivity contribution in [2.45, 2.75) is 13.8 Å². The van der Waals surface area contributed by atoms with Crippen molar-refractivity contribution in [1.82, 2.24) is 5.16 Å². The molecule has 1 aromatic carbocycles. The molecule has 1 heterocycles. The molecule has 0 aliphatic rings. The Kier molecular flexibility index (Phi) is 3.04. The Hall–Kier alpha value is -2.70. The predicted octanol–water partition coefficient (Wildman–Crippen LogP) is 2.56. The van der Waals surface area contributed by atoms with Crippen LogP contribution in [0.25, 0.3) is 11.3 Å². The number of non-ortho nitro benzene ring substituents is 1. The molecule has 1 aromatic heterocycles. The van der Waals surface area contributed by atoms with Crippen molar-refractivity contribution < 1.29 is 19.3 Å². The third-order valence-electron chi connectivity index (χ3n) is 2.76. The van der Waals surface area contributed by atoms with Crippen LogP contribution in [0.3, 0.4) is 0 Å². The molecule has 0 unspecified atom stereocenters. The second kappa shape index (κ2) is 4.52. The third kappa shape index (κ3) is 2.17. The highest BCUT2D eigenvalue weighted by Crippen LogP contribution is 2.30. The molecule has 0 radical (unpaired) electrons. The molecule has 0 spiro atoms. The second-order valence-electron chi connectivity index (χ2n) is 4.02. The lowest BCUT2D eigenvalue weighted by Crippen LogP contribution is -2.00. The van der Waals surface area contributed by atoms with Gasteiger partial charge in [-0.25, -0.2) is 4.79 Å². The van der Waals surface area contributed by atoms with Gasteiger partial charge in [0.25, 0.3) is 5.69 Å². The van der Waals surface area contributed by atoms with Crippen molar-refractivity contribution in [2.24, 2.45) is 0 Å². The maximum absolute atomic E-state index is 11.2. The van der Waals surface area contributed by atoms with E-state index in [1.165, 1.54) is 19.1 Å². The van der Waals surface area contributed by atoms with E-state index < -0.39 is 10.9 Å². The number of aromatic nitrogens is 1. The normalized spacial score (nSPS) is 10.4. The number of nitro benzene ring substituents is 1. The number of aromatic carboxylic acids is 1. The van der Waals surface area contributed by atoms with E-state index >= 15 is 0 Å². The van der Waals surface area contributed by atoms with Crippen molar-refractivity contribution >= 4 is 11.7 Å². The van der Waals surface area contributed by atoms with Gasteiger partial charge in [0.15, 0.2) is 0 Å². The highest BCUT2D eigenvalue weighted by atomic mass is 16.6. The Morgan fingerprint density at radius 1 is 1.42 bits per heavy atom. The lowest BCUT2D eigenvalue weighted by Gasteiger charge is -2.03. The van der Waals surface area contributed by atoms with Crippen LogP contribution in [0.2, 0.25) is 0 Å². The molecule has 98 valence electrons. The van der Waals surface area contributed by atoms with Crippen LogP contribution in [0.15, 0.2) is 22.7 Å². The molecule has 19 heavy (non-hydrogen) atoms. The zero-order valence-electron chi connectivity index (χ0n) is 10.2. The van der Waals surface area contributed by atoms with Gasteiger partial charge in [-0.2, -0.15) is 0 Å². The molecular formula is C12H10N2O5. The molecule has 0 bridgehead atoms. The summed E-state index contributed by atoms with van der Waals surface area (Å²) in [5, 5.41) is 23.6. The first-order valence-corrected chi connectivity index (χ1v) is 5.36. The Morgan fingerprint density at radius 2 is 2.11 bits per heavy atom. The average Bonchev–Trinajstić information content (AvgIpc) is 2.71. The van der Waals surface area contributed by atoms with Crippen LogP contribution < -0.4 is 0 Å². The van der Waals surface area contributed by atoms with E-state index in [0.717, 1.165) is 0 Å². The summed E-state index contributed by atoms with van der Waals surface area (Å²) in [6, 6.07) is 4.19. The van der Waals surface area contributed by atoms with Gasteiger partial charge in [0.2, 0.25) is 0 Å². The number of nitrogens with zero attached hydrogens (tertiary/aromatic N) is 2. The van der Waals surface area contributed by atoms with Crippen molar-refractivity contribution in [3.63, 3.8) is 0 Å².